The van der Waals surface area contributed by atoms with Gasteiger partial charge in [0.1, 0.15) is 24.7 Å². The number of aryl methyl sites for hydroxylation is 1. The van der Waals surface area contributed by atoms with Gasteiger partial charge in [-0.3, -0.25) is 9.59 Å². The highest BCUT2D eigenvalue weighted by molar-refractivity contribution is 6.11. The first-order valence-corrected chi connectivity index (χ1v) is 13.6. The molecule has 1 fully saturated rings. The van der Waals surface area contributed by atoms with E-state index in [0.717, 1.165) is 28.4 Å². The van der Waals surface area contributed by atoms with Crippen molar-refractivity contribution >= 4 is 45.0 Å². The number of rotatable bonds is 7. The smallest absolute Gasteiger partial charge is 0.254 e. The van der Waals surface area contributed by atoms with Gasteiger partial charge in [-0.25, -0.2) is 0 Å². The highest BCUT2D eigenvalue weighted by atomic mass is 16.6. The van der Waals surface area contributed by atoms with Crippen molar-refractivity contribution in [1.29, 1.82) is 0 Å². The predicted octanol–water partition coefficient (Wildman–Crippen LogP) is 6.46. The van der Waals surface area contributed by atoms with Gasteiger partial charge < -0.3 is 24.4 Å². The number of ether oxygens (including phenoxy) is 1. The minimum atomic E-state index is -0.732. The number of carbonyl (C=O) groups is 2. The van der Waals surface area contributed by atoms with Crippen molar-refractivity contribution in [3.63, 3.8) is 0 Å². The Morgan fingerprint density at radius 1 is 0.878 bits per heavy atom. The van der Waals surface area contributed by atoms with E-state index in [-0.39, 0.29) is 24.8 Å². The van der Waals surface area contributed by atoms with Crippen LogP contribution in [0.4, 0.5) is 5.69 Å². The third-order valence-electron chi connectivity index (χ3n) is 7.38. The maximum Gasteiger partial charge on any atom is 0.254 e. The van der Waals surface area contributed by atoms with Crippen molar-refractivity contribution in [2.24, 2.45) is 5.16 Å². The Balaban J connectivity index is 1.23. The number of nitrogens with zero attached hydrogens (tertiary/aromatic N) is 3. The lowest BCUT2D eigenvalue weighted by molar-refractivity contribution is -0.119. The van der Waals surface area contributed by atoms with Crippen LogP contribution in [0, 0.1) is 0 Å². The average Bonchev–Trinajstić information content (AvgIpc) is 3.57. The van der Waals surface area contributed by atoms with Crippen LogP contribution >= 0.6 is 0 Å². The lowest BCUT2D eigenvalue weighted by atomic mass is 10.1. The molecule has 2 heterocycles. The lowest BCUT2D eigenvalue weighted by Crippen LogP contribution is -2.43. The van der Waals surface area contributed by atoms with Gasteiger partial charge in [-0.05, 0) is 67.6 Å². The minimum Gasteiger partial charge on any atom is -0.457 e. The van der Waals surface area contributed by atoms with E-state index in [4.69, 9.17) is 9.57 Å². The third-order valence-corrected chi connectivity index (χ3v) is 7.38. The molecule has 206 valence electrons. The van der Waals surface area contributed by atoms with E-state index < -0.39 is 6.04 Å². The zero-order chi connectivity index (χ0) is 28.3. The average molecular weight is 547 g/mol. The molecular formula is C33H30N4O4. The van der Waals surface area contributed by atoms with Gasteiger partial charge in [-0.1, -0.05) is 41.6 Å². The number of anilines is 1. The van der Waals surface area contributed by atoms with E-state index in [9.17, 15) is 9.59 Å². The van der Waals surface area contributed by atoms with Gasteiger partial charge in [0.05, 0.1) is 12.3 Å². The highest BCUT2D eigenvalue weighted by Gasteiger charge is 2.38. The van der Waals surface area contributed by atoms with E-state index in [2.05, 4.69) is 34.1 Å². The van der Waals surface area contributed by atoms with E-state index >= 15 is 0 Å². The van der Waals surface area contributed by atoms with Gasteiger partial charge in [0.2, 0.25) is 5.91 Å². The fourth-order valence-corrected chi connectivity index (χ4v) is 5.50. The van der Waals surface area contributed by atoms with Crippen molar-refractivity contribution in [2.45, 2.75) is 25.9 Å². The molecule has 0 aliphatic carbocycles. The van der Waals surface area contributed by atoms with Gasteiger partial charge in [0.25, 0.3) is 5.91 Å². The van der Waals surface area contributed by atoms with Crippen LogP contribution in [-0.4, -0.2) is 46.7 Å². The summed E-state index contributed by atoms with van der Waals surface area (Å²) in [6, 6.07) is 29.8. The molecule has 41 heavy (non-hydrogen) atoms. The number of likely N-dealkylation sites (tertiary alicyclic amines) is 1. The van der Waals surface area contributed by atoms with E-state index in [1.54, 1.807) is 29.2 Å². The van der Waals surface area contributed by atoms with Crippen molar-refractivity contribution in [1.82, 2.24) is 9.47 Å². The third kappa shape index (κ3) is 5.12. The summed E-state index contributed by atoms with van der Waals surface area (Å²) in [5, 5.41) is 9.30. The number of benzene rings is 4. The van der Waals surface area contributed by atoms with Crippen molar-refractivity contribution in [2.75, 3.05) is 19.0 Å². The van der Waals surface area contributed by atoms with Crippen LogP contribution in [0.2, 0.25) is 0 Å². The Hall–Kier alpha value is -5.11. The Morgan fingerprint density at radius 2 is 1.59 bits per heavy atom. The summed E-state index contributed by atoms with van der Waals surface area (Å²) in [5.74, 6) is 0.784. The molecule has 0 unspecified atom stereocenters. The summed E-state index contributed by atoms with van der Waals surface area (Å²) < 4.78 is 8.11. The van der Waals surface area contributed by atoms with Crippen LogP contribution in [0.5, 0.6) is 11.5 Å². The highest BCUT2D eigenvalue weighted by Crippen LogP contribution is 2.31. The van der Waals surface area contributed by atoms with Crippen LogP contribution in [0.1, 0.15) is 23.7 Å². The minimum absolute atomic E-state index is 0.204. The second-order valence-corrected chi connectivity index (χ2v) is 9.92. The molecule has 0 saturated carbocycles. The van der Waals surface area contributed by atoms with Gasteiger partial charge in [-0.15, -0.1) is 0 Å². The molecule has 1 N–H and O–H groups in total. The predicted molar refractivity (Wildman–Crippen MR) is 161 cm³/mol. The number of fused-ring (bicyclic) bond motifs is 3. The Kier molecular flexibility index (Phi) is 7.12. The molecule has 1 aliphatic heterocycles. The molecule has 5 aromatic rings. The van der Waals surface area contributed by atoms with Crippen LogP contribution < -0.4 is 10.1 Å². The first-order chi connectivity index (χ1) is 20.1. The van der Waals surface area contributed by atoms with Crippen LogP contribution in [-0.2, 0) is 16.2 Å². The topological polar surface area (TPSA) is 85.2 Å². The number of hydrogen-bond donors (Lipinski definition) is 1. The van der Waals surface area contributed by atoms with E-state index in [0.29, 0.717) is 28.5 Å². The van der Waals surface area contributed by atoms with E-state index in [1.165, 1.54) is 7.11 Å². The second-order valence-electron chi connectivity index (χ2n) is 9.92. The molecule has 0 spiro atoms. The van der Waals surface area contributed by atoms with E-state index in [1.807, 2.05) is 60.7 Å². The molecule has 0 radical (unpaired) electrons. The molecule has 8 heteroatoms. The second kappa shape index (κ2) is 11.2. The maximum absolute atomic E-state index is 13.6. The van der Waals surface area contributed by atoms with Crippen LogP contribution in [0.3, 0.4) is 0 Å². The first-order valence-electron chi connectivity index (χ1n) is 13.6. The molecular weight excluding hydrogens is 516 g/mol. The fraction of sp³-hybridized carbons (Fsp3) is 0.182. The SMILES string of the molecule is CCn1c2ccccc2c2cc(NC(=O)[C@@H]3CC(=NOC)CN3C(=O)c3ccc(Oc4ccccc4)cc3)ccc21. The van der Waals surface area contributed by atoms with Gasteiger partial charge >= 0.3 is 0 Å². The number of carbonyl (C=O) groups excluding carboxylic acids is 2. The molecule has 4 aromatic carbocycles. The van der Waals surface area contributed by atoms with Gasteiger partial charge in [0.15, 0.2) is 0 Å². The molecule has 1 saturated heterocycles. The quantitative estimate of drug-likeness (QED) is 0.237. The number of hydrogen-bond acceptors (Lipinski definition) is 5. The zero-order valence-corrected chi connectivity index (χ0v) is 22.9. The summed E-state index contributed by atoms with van der Waals surface area (Å²) in [6.45, 7) is 3.17. The molecule has 8 nitrogen and oxygen atoms in total. The largest absolute Gasteiger partial charge is 0.457 e. The monoisotopic (exact) mass is 546 g/mol. The Labute approximate surface area is 237 Å². The number of nitrogens with one attached hydrogen (secondary N) is 1. The molecule has 6 rings (SSSR count). The van der Waals surface area contributed by atoms with Gasteiger partial charge in [0, 0.05) is 46.0 Å². The molecule has 1 aromatic heterocycles. The molecule has 0 bridgehead atoms. The summed E-state index contributed by atoms with van der Waals surface area (Å²) in [7, 11) is 1.46. The van der Waals surface area contributed by atoms with Gasteiger partial charge in [-0.2, -0.15) is 0 Å². The van der Waals surface area contributed by atoms with Crippen LogP contribution in [0.25, 0.3) is 21.8 Å². The fourth-order valence-electron chi connectivity index (χ4n) is 5.50. The Morgan fingerprint density at radius 3 is 2.34 bits per heavy atom. The van der Waals surface area contributed by atoms with Crippen molar-refractivity contribution < 1.29 is 19.2 Å². The number of para-hydroxylation sites is 2. The summed E-state index contributed by atoms with van der Waals surface area (Å²) in [5.41, 5.74) is 4.02. The maximum atomic E-state index is 13.6. The van der Waals surface area contributed by atoms with Crippen molar-refractivity contribution in [3.8, 4) is 11.5 Å². The van der Waals surface area contributed by atoms with Crippen molar-refractivity contribution in [3.05, 3.63) is 103 Å². The number of amides is 2. The number of aromatic nitrogens is 1. The Bertz CT molecular complexity index is 1760. The normalized spacial score (nSPS) is 15.9. The summed E-state index contributed by atoms with van der Waals surface area (Å²) in [6.07, 6.45) is 0.290. The molecule has 1 aliphatic rings. The number of oxime groups is 1. The standard InChI is InChI=1S/C33H30N4O4/c1-3-36-29-12-8-7-11-27(29)28-19-23(15-18-30(28)36)34-32(38)31-20-24(35-40-2)21-37(31)33(39)22-13-16-26(17-14-22)41-25-9-5-4-6-10-25/h4-19,31H,3,20-21H2,1-2H3,(H,34,38)/t31-/m0/s1. The lowest BCUT2D eigenvalue weighted by Gasteiger charge is -2.23. The molecule has 1 atom stereocenters. The van der Waals surface area contributed by atoms with Crippen LogP contribution in [0.15, 0.2) is 102 Å². The summed E-state index contributed by atoms with van der Waals surface area (Å²) >= 11 is 0. The summed E-state index contributed by atoms with van der Waals surface area (Å²) in [4.78, 5) is 33.7. The first kappa shape index (κ1) is 26.1. The zero-order valence-electron chi connectivity index (χ0n) is 22.9. The molecule has 2 amide bonds.